The molecule has 0 rings (SSSR count). The van der Waals surface area contributed by atoms with Gasteiger partial charge >= 0.3 is 11.9 Å². The van der Waals surface area contributed by atoms with E-state index in [1.165, 1.54) is 0 Å². The van der Waals surface area contributed by atoms with Gasteiger partial charge in [-0.3, -0.25) is 0 Å². The van der Waals surface area contributed by atoms with Crippen LogP contribution >= 0.6 is 9.47 Å². The molecule has 1 atom stereocenters. The number of hydrogen-bond donors (Lipinski definition) is 0. The minimum absolute atomic E-state index is 1.000. The molecule has 0 aliphatic carbocycles. The van der Waals surface area contributed by atoms with Crippen LogP contribution in [0.4, 0.5) is 0 Å². The number of esters is 1. The van der Waals surface area contributed by atoms with E-state index in [1.807, 2.05) is 0 Å². The smallest absolute Gasteiger partial charge is 0.419 e. The molecule has 0 amide bonds. The Morgan fingerprint density at radius 1 is 1.38 bits per heavy atom. The normalized spacial score (nSPS) is 7.75. The lowest BCUT2D eigenvalue weighted by atomic mass is 10.7. The first-order valence-corrected chi connectivity index (χ1v) is 2.18. The lowest BCUT2D eigenvalue weighted by Crippen LogP contribution is -2.14. The topological polar surface area (TPSA) is 52.6 Å². The molecule has 0 heterocycles. The van der Waals surface area contributed by atoms with Crippen LogP contribution in [0.5, 0.6) is 0 Å². The van der Waals surface area contributed by atoms with Crippen LogP contribution in [0.25, 0.3) is 0 Å². The zero-order valence-electron chi connectivity index (χ0n) is 4.21. The maximum absolute atomic E-state index is 10.0. The van der Waals surface area contributed by atoms with Crippen LogP contribution in [-0.2, 0) is 18.8 Å². The molecule has 0 aliphatic rings. The summed E-state index contributed by atoms with van der Waals surface area (Å²) in [6, 6.07) is 0. The molecule has 5 heteroatoms. The van der Waals surface area contributed by atoms with E-state index in [0.717, 1.165) is 7.11 Å². The largest absolute Gasteiger partial charge is 0.461 e. The summed E-state index contributed by atoms with van der Waals surface area (Å²) < 4.78 is 7.88. The molecule has 0 radical (unpaired) electrons. The van der Waals surface area contributed by atoms with Gasteiger partial charge in [-0.25, -0.2) is 9.59 Å². The summed E-state index contributed by atoms with van der Waals surface area (Å²) in [7, 11) is 2.74. The van der Waals surface area contributed by atoms with Gasteiger partial charge in [0.05, 0.1) is 16.6 Å². The molecular formula is C3H5O4P. The van der Waals surface area contributed by atoms with Crippen LogP contribution < -0.4 is 0 Å². The van der Waals surface area contributed by atoms with E-state index in [0.29, 0.717) is 0 Å². The Labute approximate surface area is 48.4 Å². The fourth-order valence-corrected chi connectivity index (χ4v) is 0.228. The molecule has 0 aromatic carbocycles. The highest BCUT2D eigenvalue weighted by molar-refractivity contribution is 7.11. The molecule has 4 nitrogen and oxygen atoms in total. The molecule has 0 saturated carbocycles. The highest BCUT2D eigenvalue weighted by Gasteiger charge is 2.12. The molecule has 1 unspecified atom stereocenters. The SMILES string of the molecule is COC(=O)C(=O)OP. The zero-order valence-corrected chi connectivity index (χ0v) is 5.37. The summed E-state index contributed by atoms with van der Waals surface area (Å²) in [5.41, 5.74) is 0. The third kappa shape index (κ3) is 1.89. The number of carbonyl (C=O) groups is 2. The number of hydrogen-bond acceptors (Lipinski definition) is 4. The van der Waals surface area contributed by atoms with Crippen molar-refractivity contribution in [3.05, 3.63) is 0 Å². The van der Waals surface area contributed by atoms with E-state index in [9.17, 15) is 9.59 Å². The Bertz CT molecular complexity index is 95.9. The quantitative estimate of drug-likeness (QED) is 0.256. The summed E-state index contributed by atoms with van der Waals surface area (Å²) in [6.45, 7) is 0. The predicted octanol–water partition coefficient (Wildman–Crippen LogP) is -0.507. The van der Waals surface area contributed by atoms with Crippen LogP contribution in [0, 0.1) is 0 Å². The first-order valence-electron chi connectivity index (χ1n) is 1.71. The van der Waals surface area contributed by atoms with Gasteiger partial charge in [-0.2, -0.15) is 0 Å². The maximum atomic E-state index is 10.0. The lowest BCUT2D eigenvalue weighted by Gasteiger charge is -1.92. The lowest BCUT2D eigenvalue weighted by molar-refractivity contribution is -0.159. The Morgan fingerprint density at radius 3 is 2.00 bits per heavy atom. The van der Waals surface area contributed by atoms with Crippen LogP contribution in [0.15, 0.2) is 0 Å². The van der Waals surface area contributed by atoms with E-state index in [2.05, 4.69) is 9.26 Å². The number of methoxy groups -OCH3 is 1. The van der Waals surface area contributed by atoms with Gasteiger partial charge < -0.3 is 9.26 Å². The van der Waals surface area contributed by atoms with E-state index < -0.39 is 11.9 Å². The van der Waals surface area contributed by atoms with Crippen molar-refractivity contribution in [2.24, 2.45) is 0 Å². The highest BCUT2D eigenvalue weighted by Crippen LogP contribution is 1.87. The second-order valence-electron chi connectivity index (χ2n) is 0.897. The van der Waals surface area contributed by atoms with Crippen LogP contribution in [0.2, 0.25) is 0 Å². The molecule has 0 bridgehead atoms. The molecule has 0 saturated heterocycles. The van der Waals surface area contributed by atoms with E-state index in [-0.39, 0.29) is 0 Å². The van der Waals surface area contributed by atoms with Crippen molar-refractivity contribution >= 4 is 21.4 Å². The van der Waals surface area contributed by atoms with Gasteiger partial charge in [-0.1, -0.05) is 0 Å². The summed E-state index contributed by atoms with van der Waals surface area (Å²) in [5.74, 6) is -2.02. The van der Waals surface area contributed by atoms with E-state index >= 15 is 0 Å². The number of ether oxygens (including phenoxy) is 1. The molecule has 46 valence electrons. The average molecular weight is 136 g/mol. The van der Waals surface area contributed by atoms with Gasteiger partial charge in [0, 0.05) is 0 Å². The summed E-state index contributed by atoms with van der Waals surface area (Å²) in [6.07, 6.45) is 0. The first kappa shape index (κ1) is 7.37. The van der Waals surface area contributed by atoms with Gasteiger partial charge in [-0.05, 0) is 0 Å². The molecule has 0 aromatic heterocycles. The monoisotopic (exact) mass is 136 g/mol. The third-order valence-corrected chi connectivity index (χ3v) is 0.673. The summed E-state index contributed by atoms with van der Waals surface area (Å²) >= 11 is 0. The maximum Gasteiger partial charge on any atom is 0.419 e. The van der Waals surface area contributed by atoms with Gasteiger partial charge in [0.15, 0.2) is 0 Å². The molecule has 0 aromatic rings. The fraction of sp³-hybridized carbons (Fsp3) is 0.333. The first-order chi connectivity index (χ1) is 3.72. The molecule has 0 spiro atoms. The second kappa shape index (κ2) is 3.38. The Hall–Kier alpha value is -0.630. The van der Waals surface area contributed by atoms with Gasteiger partial charge in [0.25, 0.3) is 0 Å². The minimum Gasteiger partial charge on any atom is -0.461 e. The predicted molar refractivity (Wildman–Crippen MR) is 27.8 cm³/mol. The van der Waals surface area contributed by atoms with Crippen LogP contribution in [0.1, 0.15) is 0 Å². The van der Waals surface area contributed by atoms with Crippen molar-refractivity contribution in [1.29, 1.82) is 0 Å². The van der Waals surface area contributed by atoms with Crippen LogP contribution in [-0.4, -0.2) is 19.0 Å². The van der Waals surface area contributed by atoms with E-state index in [4.69, 9.17) is 0 Å². The van der Waals surface area contributed by atoms with Crippen molar-refractivity contribution in [2.75, 3.05) is 7.11 Å². The van der Waals surface area contributed by atoms with E-state index in [1.54, 1.807) is 9.47 Å². The Morgan fingerprint density at radius 2 is 1.88 bits per heavy atom. The van der Waals surface area contributed by atoms with Crippen molar-refractivity contribution < 1.29 is 18.8 Å². The zero-order chi connectivity index (χ0) is 6.57. The molecular weight excluding hydrogens is 131 g/mol. The fourth-order valence-electron chi connectivity index (χ4n) is 0.131. The Kier molecular flexibility index (Phi) is 3.12. The van der Waals surface area contributed by atoms with Crippen molar-refractivity contribution in [2.45, 2.75) is 0 Å². The van der Waals surface area contributed by atoms with Crippen molar-refractivity contribution in [3.8, 4) is 0 Å². The van der Waals surface area contributed by atoms with Crippen molar-refractivity contribution in [3.63, 3.8) is 0 Å². The minimum atomic E-state index is -1.02. The summed E-state index contributed by atoms with van der Waals surface area (Å²) in [5, 5.41) is 0. The molecule has 0 aliphatic heterocycles. The second-order valence-corrected chi connectivity index (χ2v) is 1.13. The molecule has 8 heavy (non-hydrogen) atoms. The van der Waals surface area contributed by atoms with Gasteiger partial charge in [0.2, 0.25) is 0 Å². The Balaban J connectivity index is 3.64. The van der Waals surface area contributed by atoms with Gasteiger partial charge in [-0.15, -0.1) is 0 Å². The molecule has 0 fully saturated rings. The molecule has 0 N–H and O–H groups in total. The van der Waals surface area contributed by atoms with Crippen LogP contribution in [0.3, 0.4) is 0 Å². The summed E-state index contributed by atoms with van der Waals surface area (Å²) in [4.78, 5) is 20.1. The average Bonchev–Trinajstić information content (AvgIpc) is 1.84. The number of carbonyl (C=O) groups excluding carboxylic acids is 2. The standard InChI is InChI=1S/C3H5O4P/c1-6-2(4)3(5)7-8/h8H2,1H3. The van der Waals surface area contributed by atoms with Gasteiger partial charge in [0.1, 0.15) is 0 Å². The number of rotatable bonds is 0. The third-order valence-electron chi connectivity index (χ3n) is 0.459. The highest BCUT2D eigenvalue weighted by atomic mass is 31.0. The van der Waals surface area contributed by atoms with Crippen molar-refractivity contribution in [1.82, 2.24) is 0 Å².